The summed E-state index contributed by atoms with van der Waals surface area (Å²) in [6.07, 6.45) is 0. The molecule has 0 bridgehead atoms. The number of carbonyl (C=O) groups excluding carboxylic acids is 3. The van der Waals surface area contributed by atoms with Gasteiger partial charge in [-0.05, 0) is 45.4 Å². The Balaban J connectivity index is 1.96. The van der Waals surface area contributed by atoms with Crippen LogP contribution in [0.4, 0.5) is 9.59 Å². The maximum absolute atomic E-state index is 13.2. The number of piperazine rings is 1. The number of esters is 1. The van der Waals surface area contributed by atoms with Crippen LogP contribution in [-0.4, -0.2) is 84.6 Å². The second-order valence-electron chi connectivity index (χ2n) is 8.38. The predicted octanol–water partition coefficient (Wildman–Crippen LogP) is 2.98. The van der Waals surface area contributed by atoms with E-state index in [1.807, 2.05) is 31.7 Å². The summed E-state index contributed by atoms with van der Waals surface area (Å²) in [6, 6.07) is 6.10. The average Bonchev–Trinajstić information content (AvgIpc) is 2.79. The van der Waals surface area contributed by atoms with Crippen LogP contribution in [-0.2, 0) is 9.53 Å². The molecule has 1 saturated heterocycles. The monoisotopic (exact) mass is 491 g/mol. The predicted molar refractivity (Wildman–Crippen MR) is 130 cm³/mol. The molecule has 2 atom stereocenters. The highest BCUT2D eigenvalue weighted by Gasteiger charge is 2.39. The fourth-order valence-corrected chi connectivity index (χ4v) is 4.74. The van der Waals surface area contributed by atoms with Crippen molar-refractivity contribution in [1.29, 1.82) is 0 Å². The first-order chi connectivity index (χ1) is 16.3. The van der Waals surface area contributed by atoms with Gasteiger partial charge in [-0.2, -0.15) is 0 Å². The number of nitrogens with one attached hydrogen (secondary N) is 2. The molecule has 2 aliphatic rings. The summed E-state index contributed by atoms with van der Waals surface area (Å²) >= 11 is 6.21. The summed E-state index contributed by atoms with van der Waals surface area (Å²) < 4.78 is 5.42. The van der Waals surface area contributed by atoms with E-state index >= 15 is 0 Å². The van der Waals surface area contributed by atoms with Crippen molar-refractivity contribution in [3.05, 3.63) is 46.1 Å². The first-order valence-electron chi connectivity index (χ1n) is 11.8. The molecule has 1 fully saturated rings. The summed E-state index contributed by atoms with van der Waals surface area (Å²) in [5.74, 6) is -0.463. The second kappa shape index (κ2) is 11.6. The van der Waals surface area contributed by atoms with Gasteiger partial charge in [-0.15, -0.1) is 0 Å². The van der Waals surface area contributed by atoms with Crippen molar-refractivity contribution in [2.45, 2.75) is 39.8 Å². The van der Waals surface area contributed by atoms with Gasteiger partial charge in [0.25, 0.3) is 0 Å². The lowest BCUT2D eigenvalue weighted by Crippen LogP contribution is -2.58. The Morgan fingerprint density at radius 1 is 1.24 bits per heavy atom. The molecule has 186 valence electrons. The molecular formula is C24H34ClN5O4. The Bertz CT molecular complexity index is 953. The largest absolute Gasteiger partial charge is 0.463 e. The van der Waals surface area contributed by atoms with E-state index in [-0.39, 0.29) is 24.7 Å². The molecule has 2 N–H and O–H groups in total. The number of likely N-dealkylation sites (N-methyl/N-ethyl adjacent to an activating group) is 1. The van der Waals surface area contributed by atoms with Gasteiger partial charge < -0.3 is 20.3 Å². The van der Waals surface area contributed by atoms with Crippen molar-refractivity contribution < 1.29 is 19.1 Å². The molecule has 2 unspecified atom stereocenters. The number of benzene rings is 1. The van der Waals surface area contributed by atoms with Crippen molar-refractivity contribution in [3.63, 3.8) is 0 Å². The number of nitrogens with zero attached hydrogens (tertiary/aromatic N) is 3. The Hall–Kier alpha value is -2.78. The zero-order chi connectivity index (χ0) is 24.8. The van der Waals surface area contributed by atoms with E-state index in [1.165, 1.54) is 0 Å². The van der Waals surface area contributed by atoms with Gasteiger partial charge in [-0.3, -0.25) is 9.80 Å². The van der Waals surface area contributed by atoms with Crippen LogP contribution in [0.5, 0.6) is 0 Å². The van der Waals surface area contributed by atoms with Gasteiger partial charge in [0.15, 0.2) is 0 Å². The van der Waals surface area contributed by atoms with E-state index < -0.39 is 12.0 Å². The van der Waals surface area contributed by atoms with Crippen molar-refractivity contribution >= 4 is 29.6 Å². The molecule has 9 nitrogen and oxygen atoms in total. The zero-order valence-corrected chi connectivity index (χ0v) is 21.0. The van der Waals surface area contributed by atoms with Gasteiger partial charge in [0.1, 0.15) is 0 Å². The second-order valence-corrected chi connectivity index (χ2v) is 8.81. The highest BCUT2D eigenvalue weighted by molar-refractivity contribution is 6.30. The SMILES string of the molecule is CCNC(=O)N1CCN(CC2=C(C(=O)OCC)C(c3cccc(Cl)c3)NC(=O)N2CC)CC1C. The summed E-state index contributed by atoms with van der Waals surface area (Å²) in [7, 11) is 0. The molecule has 0 saturated carbocycles. The molecule has 4 amide bonds. The maximum atomic E-state index is 13.2. The maximum Gasteiger partial charge on any atom is 0.338 e. The first-order valence-corrected chi connectivity index (χ1v) is 12.2. The van der Waals surface area contributed by atoms with Crippen molar-refractivity contribution in [2.24, 2.45) is 0 Å². The van der Waals surface area contributed by atoms with E-state index in [0.717, 1.165) is 0 Å². The number of ether oxygens (including phenoxy) is 1. The van der Waals surface area contributed by atoms with E-state index in [2.05, 4.69) is 15.5 Å². The third kappa shape index (κ3) is 5.64. The first kappa shape index (κ1) is 25.8. The minimum atomic E-state index is -0.669. The lowest BCUT2D eigenvalue weighted by Gasteiger charge is -2.42. The van der Waals surface area contributed by atoms with E-state index in [0.29, 0.717) is 61.1 Å². The van der Waals surface area contributed by atoms with E-state index in [1.54, 1.807) is 30.0 Å². The zero-order valence-electron chi connectivity index (χ0n) is 20.3. The smallest absolute Gasteiger partial charge is 0.338 e. The molecule has 2 aliphatic heterocycles. The molecule has 3 rings (SSSR count). The minimum absolute atomic E-state index is 0.0110. The molecule has 2 heterocycles. The molecule has 0 aliphatic carbocycles. The topological polar surface area (TPSA) is 94.2 Å². The number of hydrogen-bond donors (Lipinski definition) is 2. The standard InChI is InChI=1S/C24H34ClN5O4/c1-5-26-23(32)30-12-11-28(14-16(30)4)15-19-20(22(31)34-7-3)21(27-24(33)29(19)6-2)17-9-8-10-18(25)13-17/h8-10,13,16,21H,5-7,11-12,14-15H2,1-4H3,(H,26,32)(H,27,33). The van der Waals surface area contributed by atoms with Crippen LogP contribution in [0.2, 0.25) is 5.02 Å². The number of rotatable bonds is 7. The van der Waals surface area contributed by atoms with Crippen LogP contribution < -0.4 is 10.6 Å². The Kier molecular flexibility index (Phi) is 8.79. The van der Waals surface area contributed by atoms with Crippen LogP contribution in [0, 0.1) is 0 Å². The van der Waals surface area contributed by atoms with Crippen LogP contribution in [0.25, 0.3) is 0 Å². The van der Waals surface area contributed by atoms with Gasteiger partial charge in [0, 0.05) is 56.0 Å². The molecule has 1 aromatic rings. The molecule has 34 heavy (non-hydrogen) atoms. The normalized spacial score (nSPS) is 21.4. The summed E-state index contributed by atoms with van der Waals surface area (Å²) in [6.45, 7) is 10.9. The van der Waals surface area contributed by atoms with Crippen molar-refractivity contribution in [1.82, 2.24) is 25.3 Å². The van der Waals surface area contributed by atoms with Crippen molar-refractivity contribution in [3.8, 4) is 0 Å². The van der Waals surface area contributed by atoms with E-state index in [4.69, 9.17) is 16.3 Å². The van der Waals surface area contributed by atoms with Crippen molar-refractivity contribution in [2.75, 3.05) is 45.9 Å². The summed E-state index contributed by atoms with van der Waals surface area (Å²) in [4.78, 5) is 44.2. The van der Waals surface area contributed by atoms with Crippen LogP contribution in [0.3, 0.4) is 0 Å². The molecule has 10 heteroatoms. The third-order valence-corrected chi connectivity index (χ3v) is 6.34. The lowest BCUT2D eigenvalue weighted by atomic mass is 9.94. The lowest BCUT2D eigenvalue weighted by molar-refractivity contribution is -0.139. The molecular weight excluding hydrogens is 458 g/mol. The van der Waals surface area contributed by atoms with Gasteiger partial charge in [0.05, 0.1) is 18.2 Å². The number of urea groups is 2. The number of carbonyl (C=O) groups is 3. The van der Waals surface area contributed by atoms with Crippen LogP contribution in [0.1, 0.15) is 39.3 Å². The number of halogens is 1. The number of hydrogen-bond acceptors (Lipinski definition) is 5. The molecule has 0 aromatic heterocycles. The van der Waals surface area contributed by atoms with Crippen LogP contribution in [0.15, 0.2) is 35.5 Å². The van der Waals surface area contributed by atoms with Gasteiger partial charge >= 0.3 is 18.0 Å². The molecule has 0 radical (unpaired) electrons. The summed E-state index contributed by atoms with van der Waals surface area (Å²) in [5, 5.41) is 6.32. The highest BCUT2D eigenvalue weighted by Crippen LogP contribution is 2.33. The van der Waals surface area contributed by atoms with Gasteiger partial charge in [-0.25, -0.2) is 14.4 Å². The average molecular weight is 492 g/mol. The fraction of sp³-hybridized carbons (Fsp3) is 0.542. The van der Waals surface area contributed by atoms with Crippen LogP contribution >= 0.6 is 11.6 Å². The Morgan fingerprint density at radius 2 is 2.00 bits per heavy atom. The minimum Gasteiger partial charge on any atom is -0.463 e. The Labute approximate surface area is 206 Å². The highest BCUT2D eigenvalue weighted by atomic mass is 35.5. The van der Waals surface area contributed by atoms with E-state index in [9.17, 15) is 14.4 Å². The van der Waals surface area contributed by atoms with Gasteiger partial charge in [0.2, 0.25) is 0 Å². The third-order valence-electron chi connectivity index (χ3n) is 6.11. The number of amides is 4. The van der Waals surface area contributed by atoms with Gasteiger partial charge in [-0.1, -0.05) is 23.7 Å². The quantitative estimate of drug-likeness (QED) is 0.572. The Morgan fingerprint density at radius 3 is 2.62 bits per heavy atom. The fourth-order valence-electron chi connectivity index (χ4n) is 4.54. The molecule has 0 spiro atoms. The summed E-state index contributed by atoms with van der Waals surface area (Å²) in [5.41, 5.74) is 1.74. The molecule has 1 aromatic carbocycles.